The molecule has 0 radical (unpaired) electrons. The molecule has 230 valence electrons. The van der Waals surface area contributed by atoms with Gasteiger partial charge in [0.1, 0.15) is 11.3 Å². The molecule has 49 heavy (non-hydrogen) atoms. The molecule has 0 bridgehead atoms. The van der Waals surface area contributed by atoms with Crippen LogP contribution in [0.5, 0.6) is 0 Å². The number of hydrogen-bond acceptors (Lipinski definition) is 3. The summed E-state index contributed by atoms with van der Waals surface area (Å²) in [6, 6.07) is 60.1. The van der Waals surface area contributed by atoms with Gasteiger partial charge in [-0.2, -0.15) is 0 Å². The van der Waals surface area contributed by atoms with Crippen LogP contribution in [0.2, 0.25) is 0 Å². The van der Waals surface area contributed by atoms with Crippen molar-refractivity contribution in [3.05, 3.63) is 176 Å². The van der Waals surface area contributed by atoms with Crippen LogP contribution in [0.25, 0.3) is 71.5 Å². The first kappa shape index (κ1) is 27.5. The molecular weight excluding hydrogens is 599 g/mol. The van der Waals surface area contributed by atoms with Gasteiger partial charge in [-0.15, -0.1) is 0 Å². The SMILES string of the molecule is c1ccc(N(c2ccc(-c3nccc4c3oc3ccccc34)cc2)c2cccc(-n3c4ccccc4c4c5ccccc5ccc43)c2)cc1. The van der Waals surface area contributed by atoms with Gasteiger partial charge in [0, 0.05) is 56.1 Å². The van der Waals surface area contributed by atoms with Crippen LogP contribution in [0.3, 0.4) is 0 Å². The van der Waals surface area contributed by atoms with Gasteiger partial charge in [0.05, 0.1) is 11.0 Å². The van der Waals surface area contributed by atoms with Crippen LogP contribution in [0, 0.1) is 0 Å². The molecule has 7 aromatic carbocycles. The number of fused-ring (bicyclic) bond motifs is 8. The van der Waals surface area contributed by atoms with Crippen molar-refractivity contribution in [2.45, 2.75) is 0 Å². The number of rotatable bonds is 5. The van der Waals surface area contributed by atoms with Gasteiger partial charge in [0.25, 0.3) is 0 Å². The lowest BCUT2D eigenvalue weighted by Crippen LogP contribution is -2.10. The van der Waals surface area contributed by atoms with Gasteiger partial charge in [0.2, 0.25) is 0 Å². The summed E-state index contributed by atoms with van der Waals surface area (Å²) < 4.78 is 8.71. The molecule has 0 atom stereocenters. The summed E-state index contributed by atoms with van der Waals surface area (Å²) in [4.78, 5) is 7.07. The molecule has 0 aliphatic heterocycles. The molecule has 0 fully saturated rings. The predicted molar refractivity (Wildman–Crippen MR) is 203 cm³/mol. The topological polar surface area (TPSA) is 34.2 Å². The first-order valence-corrected chi connectivity index (χ1v) is 16.5. The Bertz CT molecular complexity index is 2830. The van der Waals surface area contributed by atoms with Crippen molar-refractivity contribution in [2.24, 2.45) is 0 Å². The summed E-state index contributed by atoms with van der Waals surface area (Å²) in [5.74, 6) is 0. The number of pyridine rings is 1. The van der Waals surface area contributed by atoms with Crippen molar-refractivity contribution in [3.63, 3.8) is 0 Å². The highest BCUT2D eigenvalue weighted by Crippen LogP contribution is 2.41. The fourth-order valence-electron chi connectivity index (χ4n) is 7.44. The third-order valence-corrected chi connectivity index (χ3v) is 9.62. The minimum atomic E-state index is 0.808. The smallest absolute Gasteiger partial charge is 0.161 e. The molecule has 10 aromatic rings. The number of furan rings is 1. The van der Waals surface area contributed by atoms with E-state index in [1.165, 1.54) is 32.6 Å². The molecule has 3 heterocycles. The second kappa shape index (κ2) is 11.0. The molecule has 0 saturated carbocycles. The second-order valence-corrected chi connectivity index (χ2v) is 12.4. The Hall–Kier alpha value is -6.65. The Labute approximate surface area is 282 Å². The molecule has 0 aliphatic carbocycles. The van der Waals surface area contributed by atoms with E-state index in [4.69, 9.17) is 9.40 Å². The summed E-state index contributed by atoms with van der Waals surface area (Å²) in [5, 5.41) is 7.22. The summed E-state index contributed by atoms with van der Waals surface area (Å²) >= 11 is 0. The average Bonchev–Trinajstić information content (AvgIpc) is 3.72. The Morgan fingerprint density at radius 3 is 2.08 bits per heavy atom. The van der Waals surface area contributed by atoms with E-state index in [1.54, 1.807) is 0 Å². The summed E-state index contributed by atoms with van der Waals surface area (Å²) in [5.41, 5.74) is 10.2. The number of nitrogens with zero attached hydrogens (tertiary/aromatic N) is 3. The third kappa shape index (κ3) is 4.35. The van der Waals surface area contributed by atoms with Gasteiger partial charge in [-0.1, -0.05) is 103 Å². The monoisotopic (exact) mass is 627 g/mol. The van der Waals surface area contributed by atoms with Crippen molar-refractivity contribution in [2.75, 3.05) is 4.90 Å². The van der Waals surface area contributed by atoms with Crippen LogP contribution in [0.15, 0.2) is 180 Å². The Morgan fingerprint density at radius 1 is 0.490 bits per heavy atom. The van der Waals surface area contributed by atoms with Crippen LogP contribution in [-0.2, 0) is 0 Å². The van der Waals surface area contributed by atoms with Crippen molar-refractivity contribution in [3.8, 4) is 16.9 Å². The average molecular weight is 628 g/mol. The number of para-hydroxylation sites is 3. The normalized spacial score (nSPS) is 11.7. The van der Waals surface area contributed by atoms with Crippen LogP contribution in [0.1, 0.15) is 0 Å². The minimum Gasteiger partial charge on any atom is -0.454 e. The maximum absolute atomic E-state index is 6.31. The quantitative estimate of drug-likeness (QED) is 0.190. The first-order valence-electron chi connectivity index (χ1n) is 16.5. The van der Waals surface area contributed by atoms with Crippen molar-refractivity contribution in [1.29, 1.82) is 0 Å². The zero-order valence-electron chi connectivity index (χ0n) is 26.5. The highest BCUT2D eigenvalue weighted by atomic mass is 16.3. The van der Waals surface area contributed by atoms with Gasteiger partial charge in [0.15, 0.2) is 5.58 Å². The lowest BCUT2D eigenvalue weighted by Gasteiger charge is -2.26. The molecule has 0 saturated heterocycles. The predicted octanol–water partition coefficient (Wildman–Crippen LogP) is 12.4. The minimum absolute atomic E-state index is 0.808. The first-order chi connectivity index (χ1) is 24.3. The Balaban J connectivity index is 1.12. The van der Waals surface area contributed by atoms with E-state index in [0.29, 0.717) is 0 Å². The molecule has 10 rings (SSSR count). The van der Waals surface area contributed by atoms with Crippen LogP contribution in [0.4, 0.5) is 17.1 Å². The highest BCUT2D eigenvalue weighted by Gasteiger charge is 2.18. The zero-order valence-corrected chi connectivity index (χ0v) is 26.5. The van der Waals surface area contributed by atoms with Gasteiger partial charge >= 0.3 is 0 Å². The lowest BCUT2D eigenvalue weighted by atomic mass is 10.0. The fraction of sp³-hybridized carbons (Fsp3) is 0. The summed E-state index contributed by atoms with van der Waals surface area (Å²) in [6.07, 6.45) is 1.87. The van der Waals surface area contributed by atoms with Gasteiger partial charge < -0.3 is 13.9 Å². The number of hydrogen-bond donors (Lipinski definition) is 0. The molecule has 0 aliphatic rings. The maximum Gasteiger partial charge on any atom is 0.161 e. The molecule has 0 spiro atoms. The van der Waals surface area contributed by atoms with E-state index in [-0.39, 0.29) is 0 Å². The summed E-state index contributed by atoms with van der Waals surface area (Å²) in [6.45, 7) is 0. The maximum atomic E-state index is 6.31. The largest absolute Gasteiger partial charge is 0.454 e. The molecule has 3 aromatic heterocycles. The van der Waals surface area contributed by atoms with Gasteiger partial charge in [-0.25, -0.2) is 0 Å². The molecule has 0 unspecified atom stereocenters. The van der Waals surface area contributed by atoms with E-state index in [1.807, 2.05) is 30.5 Å². The number of benzene rings is 7. The van der Waals surface area contributed by atoms with Crippen molar-refractivity contribution >= 4 is 71.6 Å². The molecule has 0 amide bonds. The fourth-order valence-corrected chi connectivity index (χ4v) is 7.44. The van der Waals surface area contributed by atoms with Crippen LogP contribution >= 0.6 is 0 Å². The van der Waals surface area contributed by atoms with Crippen molar-refractivity contribution in [1.82, 2.24) is 9.55 Å². The molecular formula is C45H29N3O. The van der Waals surface area contributed by atoms with E-state index >= 15 is 0 Å². The van der Waals surface area contributed by atoms with E-state index in [2.05, 4.69) is 155 Å². The van der Waals surface area contributed by atoms with E-state index in [9.17, 15) is 0 Å². The molecule has 4 nitrogen and oxygen atoms in total. The van der Waals surface area contributed by atoms with Gasteiger partial charge in [-0.3, -0.25) is 4.98 Å². The Kier molecular flexibility index (Phi) is 6.15. The van der Waals surface area contributed by atoms with Gasteiger partial charge in [-0.05, 0) is 77.5 Å². The standard InChI is InChI=1S/C45H29N3O/c1-2-12-32(13-3-1)47(33-24-21-31(22-25-33)44-45-38(27-28-46-44)37-17-7-9-20-42(37)49-45)34-14-10-15-35(29-34)48-40-19-8-6-18-39(40)43-36-16-5-4-11-30(36)23-26-41(43)48/h1-29H. The number of anilines is 3. The van der Waals surface area contributed by atoms with E-state index < -0.39 is 0 Å². The Morgan fingerprint density at radius 2 is 1.20 bits per heavy atom. The lowest BCUT2D eigenvalue weighted by molar-refractivity contribution is 0.668. The van der Waals surface area contributed by atoms with E-state index in [0.717, 1.165) is 55.9 Å². The second-order valence-electron chi connectivity index (χ2n) is 12.4. The zero-order chi connectivity index (χ0) is 32.3. The third-order valence-electron chi connectivity index (χ3n) is 9.62. The molecule has 0 N–H and O–H groups in total. The summed E-state index contributed by atoms with van der Waals surface area (Å²) in [7, 11) is 0. The highest BCUT2D eigenvalue weighted by molar-refractivity contribution is 6.21. The molecule has 4 heteroatoms. The van der Waals surface area contributed by atoms with Crippen molar-refractivity contribution < 1.29 is 4.42 Å². The number of aromatic nitrogens is 2. The van der Waals surface area contributed by atoms with Crippen LogP contribution < -0.4 is 4.90 Å². The van der Waals surface area contributed by atoms with Crippen LogP contribution in [-0.4, -0.2) is 9.55 Å².